The molecule has 3 aliphatic rings. The lowest BCUT2D eigenvalue weighted by Crippen LogP contribution is -2.44. The first kappa shape index (κ1) is 26.7. The minimum absolute atomic E-state index is 0.0623. The summed E-state index contributed by atoms with van der Waals surface area (Å²) < 4.78 is 10.6. The lowest BCUT2D eigenvalue weighted by molar-refractivity contribution is -0.151. The quantitative estimate of drug-likeness (QED) is 0.366. The minimum atomic E-state index is -0.478. The molecule has 0 N–H and O–H groups in total. The van der Waals surface area contributed by atoms with Crippen LogP contribution in [0.25, 0.3) is 0 Å². The number of thioether (sulfide) groups is 1. The molecule has 0 radical (unpaired) electrons. The van der Waals surface area contributed by atoms with Gasteiger partial charge in [-0.2, -0.15) is 0 Å². The van der Waals surface area contributed by atoms with E-state index in [1.54, 1.807) is 11.8 Å². The number of benzene rings is 1. The van der Waals surface area contributed by atoms with Crippen LogP contribution in [0.15, 0.2) is 64.3 Å². The Bertz CT molecular complexity index is 1190. The number of likely N-dealkylation sites (tertiary alicyclic amines) is 1. The highest BCUT2D eigenvalue weighted by Crippen LogP contribution is 2.45. The van der Waals surface area contributed by atoms with Crippen molar-refractivity contribution in [3.63, 3.8) is 0 Å². The number of piperidine rings is 1. The monoisotopic (exact) mass is 523 g/mol. The van der Waals surface area contributed by atoms with Crippen LogP contribution >= 0.6 is 11.8 Å². The van der Waals surface area contributed by atoms with E-state index in [1.807, 2.05) is 48.4 Å². The number of hydrogen-bond donors (Lipinski definition) is 0. The van der Waals surface area contributed by atoms with Gasteiger partial charge in [0.15, 0.2) is 5.17 Å². The molecule has 0 bridgehead atoms. The number of nitrogens with zero attached hydrogens (tertiary/aromatic N) is 3. The molecule has 2 atom stereocenters. The molecule has 0 unspecified atom stereocenters. The molecule has 37 heavy (non-hydrogen) atoms. The largest absolute Gasteiger partial charge is 0.466 e. The Morgan fingerprint density at radius 2 is 2.00 bits per heavy atom. The van der Waals surface area contributed by atoms with Crippen molar-refractivity contribution in [2.45, 2.75) is 46.1 Å². The molecular formula is C28H33N3O5S. The molecule has 8 nitrogen and oxygen atoms in total. The predicted molar refractivity (Wildman–Crippen MR) is 143 cm³/mol. The number of fused-ring (bicyclic) bond motifs is 1. The number of aryl methyl sites for hydroxylation is 1. The Kier molecular flexibility index (Phi) is 8.53. The van der Waals surface area contributed by atoms with Crippen molar-refractivity contribution in [1.82, 2.24) is 9.80 Å². The molecule has 9 heteroatoms. The standard InChI is InChI=1S/C28H33N3O5S/c1-5-14-36-27(34)24-19(4)29-28-31(25(24)22-12-8-7-10-18(22)3)21(17-37-28)15-23(32)30-13-9-11-20(16-30)26(33)35-6-2/h5,7-8,10,12,17,20,25H,1,6,9,11,13-16H2,2-4H3/t20-,25-/m1/s1. The van der Waals surface area contributed by atoms with E-state index >= 15 is 0 Å². The average Bonchev–Trinajstić information content (AvgIpc) is 3.28. The van der Waals surface area contributed by atoms with E-state index < -0.39 is 12.0 Å². The maximum Gasteiger partial charge on any atom is 0.338 e. The summed E-state index contributed by atoms with van der Waals surface area (Å²) >= 11 is 1.44. The number of hydrogen-bond acceptors (Lipinski definition) is 8. The third-order valence-electron chi connectivity index (χ3n) is 6.76. The molecule has 1 aromatic rings. The molecule has 3 heterocycles. The molecule has 1 saturated heterocycles. The average molecular weight is 524 g/mol. The van der Waals surface area contributed by atoms with Gasteiger partial charge in [0.2, 0.25) is 5.91 Å². The van der Waals surface area contributed by atoms with Gasteiger partial charge in [0.25, 0.3) is 0 Å². The van der Waals surface area contributed by atoms with Crippen molar-refractivity contribution in [2.24, 2.45) is 10.9 Å². The van der Waals surface area contributed by atoms with Crippen LogP contribution in [0.3, 0.4) is 0 Å². The van der Waals surface area contributed by atoms with Gasteiger partial charge in [-0.1, -0.05) is 48.7 Å². The van der Waals surface area contributed by atoms with E-state index in [2.05, 4.69) is 6.58 Å². The Morgan fingerprint density at radius 1 is 1.22 bits per heavy atom. The molecule has 4 rings (SSSR count). The van der Waals surface area contributed by atoms with Gasteiger partial charge in [-0.25, -0.2) is 9.79 Å². The molecule has 3 aliphatic heterocycles. The summed E-state index contributed by atoms with van der Waals surface area (Å²) in [4.78, 5) is 47.4. The molecule has 196 valence electrons. The first-order valence-electron chi connectivity index (χ1n) is 12.6. The van der Waals surface area contributed by atoms with E-state index in [0.29, 0.717) is 31.0 Å². The number of carbonyl (C=O) groups excluding carboxylic acids is 3. The van der Waals surface area contributed by atoms with Crippen LogP contribution < -0.4 is 0 Å². The summed E-state index contributed by atoms with van der Waals surface area (Å²) in [6.07, 6.45) is 3.15. The van der Waals surface area contributed by atoms with Crippen LogP contribution in [-0.4, -0.2) is 59.1 Å². The fraction of sp³-hybridized carbons (Fsp3) is 0.429. The fourth-order valence-electron chi connectivity index (χ4n) is 4.95. The zero-order valence-electron chi connectivity index (χ0n) is 21.6. The van der Waals surface area contributed by atoms with Gasteiger partial charge in [0.05, 0.1) is 36.3 Å². The molecule has 0 aromatic heterocycles. The van der Waals surface area contributed by atoms with E-state index in [9.17, 15) is 14.4 Å². The van der Waals surface area contributed by atoms with Crippen LogP contribution in [0.4, 0.5) is 0 Å². The van der Waals surface area contributed by atoms with Crippen molar-refractivity contribution < 1.29 is 23.9 Å². The second kappa shape index (κ2) is 11.8. The third-order valence-corrected chi connectivity index (χ3v) is 7.65. The summed E-state index contributed by atoms with van der Waals surface area (Å²) in [7, 11) is 0. The van der Waals surface area contributed by atoms with Crippen molar-refractivity contribution in [3.8, 4) is 0 Å². The van der Waals surface area contributed by atoms with E-state index in [-0.39, 0.29) is 30.8 Å². The first-order chi connectivity index (χ1) is 17.8. The van der Waals surface area contributed by atoms with Gasteiger partial charge in [0, 0.05) is 18.8 Å². The van der Waals surface area contributed by atoms with Crippen LogP contribution in [-0.2, 0) is 23.9 Å². The second-order valence-corrected chi connectivity index (χ2v) is 10.1. The van der Waals surface area contributed by atoms with Crippen molar-refractivity contribution >= 4 is 34.8 Å². The maximum atomic E-state index is 13.4. The zero-order chi connectivity index (χ0) is 26.5. The van der Waals surface area contributed by atoms with Gasteiger partial charge in [-0.3, -0.25) is 9.59 Å². The van der Waals surface area contributed by atoms with Crippen LogP contribution in [0.5, 0.6) is 0 Å². The molecule has 1 aromatic carbocycles. The third kappa shape index (κ3) is 5.66. The normalized spacial score (nSPS) is 21.2. The lowest BCUT2D eigenvalue weighted by Gasteiger charge is -2.38. The Labute approximate surface area is 222 Å². The van der Waals surface area contributed by atoms with Crippen LogP contribution in [0.2, 0.25) is 0 Å². The summed E-state index contributed by atoms with van der Waals surface area (Å²) in [5.41, 5.74) is 3.77. The maximum absolute atomic E-state index is 13.4. The molecule has 1 fully saturated rings. The Morgan fingerprint density at radius 3 is 2.73 bits per heavy atom. The molecule has 0 aliphatic carbocycles. The molecule has 0 saturated carbocycles. The van der Waals surface area contributed by atoms with E-state index in [0.717, 1.165) is 34.8 Å². The van der Waals surface area contributed by atoms with Gasteiger partial charge in [-0.05, 0) is 50.1 Å². The van der Waals surface area contributed by atoms with Crippen LogP contribution in [0, 0.1) is 12.8 Å². The summed E-state index contributed by atoms with van der Waals surface area (Å²) in [6, 6.07) is 7.42. The molecule has 1 amide bonds. The smallest absolute Gasteiger partial charge is 0.338 e. The number of ether oxygens (including phenoxy) is 2. The zero-order valence-corrected chi connectivity index (χ0v) is 22.4. The highest BCUT2D eigenvalue weighted by Gasteiger charge is 2.42. The number of esters is 2. The Balaban J connectivity index is 1.61. The number of aliphatic imine (C=N–C) groups is 1. The Hall–Kier alpha value is -3.33. The van der Waals surface area contributed by atoms with Crippen molar-refractivity contribution in [1.29, 1.82) is 0 Å². The van der Waals surface area contributed by atoms with Gasteiger partial charge >= 0.3 is 11.9 Å². The second-order valence-electron chi connectivity index (χ2n) is 9.24. The summed E-state index contributed by atoms with van der Waals surface area (Å²) in [5.74, 6) is -1.06. The minimum Gasteiger partial charge on any atom is -0.466 e. The van der Waals surface area contributed by atoms with Gasteiger partial charge in [0.1, 0.15) is 6.61 Å². The number of amides is 1. The lowest BCUT2D eigenvalue weighted by atomic mass is 9.91. The highest BCUT2D eigenvalue weighted by molar-refractivity contribution is 8.16. The molecular weight excluding hydrogens is 490 g/mol. The summed E-state index contributed by atoms with van der Waals surface area (Å²) in [6.45, 7) is 10.6. The summed E-state index contributed by atoms with van der Waals surface area (Å²) in [5, 5.41) is 2.65. The predicted octanol–water partition coefficient (Wildman–Crippen LogP) is 4.49. The van der Waals surface area contributed by atoms with E-state index in [1.165, 1.54) is 17.8 Å². The SMILES string of the molecule is C=CCOC(=O)C1=C(C)N=C2SC=C(CC(=O)N3CCC[C@@H](C(=O)OCC)C3)N2[C@@H]1c1ccccc1C. The van der Waals surface area contributed by atoms with Crippen molar-refractivity contribution in [3.05, 3.63) is 70.4 Å². The van der Waals surface area contributed by atoms with Gasteiger partial charge in [-0.15, -0.1) is 0 Å². The number of carbonyl (C=O) groups is 3. The number of amidine groups is 1. The first-order valence-corrected chi connectivity index (χ1v) is 13.5. The van der Waals surface area contributed by atoms with Crippen molar-refractivity contribution in [2.75, 3.05) is 26.3 Å². The molecule has 0 spiro atoms. The highest BCUT2D eigenvalue weighted by atomic mass is 32.2. The van der Waals surface area contributed by atoms with Crippen LogP contribution in [0.1, 0.15) is 50.3 Å². The van der Waals surface area contributed by atoms with E-state index in [4.69, 9.17) is 14.5 Å². The topological polar surface area (TPSA) is 88.5 Å². The fourth-order valence-corrected chi connectivity index (χ4v) is 5.92. The van der Waals surface area contributed by atoms with Gasteiger partial charge < -0.3 is 19.3 Å². The number of rotatable bonds is 8. The number of allylic oxidation sites excluding steroid dienone is 1.